The van der Waals surface area contributed by atoms with E-state index in [4.69, 9.17) is 17.0 Å². The van der Waals surface area contributed by atoms with E-state index >= 15 is 0 Å². The number of methoxy groups -OCH3 is 1. The van der Waals surface area contributed by atoms with Crippen LogP contribution in [0.3, 0.4) is 0 Å². The number of hydrogen-bond acceptors (Lipinski definition) is 6. The van der Waals surface area contributed by atoms with Crippen LogP contribution in [0.2, 0.25) is 0 Å². The monoisotopic (exact) mass is 430 g/mol. The molecule has 0 aromatic heterocycles. The van der Waals surface area contributed by atoms with Gasteiger partial charge in [0.25, 0.3) is 5.91 Å². The van der Waals surface area contributed by atoms with Crippen LogP contribution >= 0.6 is 48.1 Å². The first-order chi connectivity index (χ1) is 12.1. The fourth-order valence-corrected chi connectivity index (χ4v) is 5.30. The van der Waals surface area contributed by atoms with Crippen LogP contribution < -0.4 is 4.74 Å². The molecule has 0 spiro atoms. The molecule has 8 heteroatoms. The van der Waals surface area contributed by atoms with Gasteiger partial charge < -0.3 is 4.74 Å². The number of thiocarbonyl (C=S) groups is 1. The van der Waals surface area contributed by atoms with Gasteiger partial charge in [0.2, 0.25) is 0 Å². The summed E-state index contributed by atoms with van der Waals surface area (Å²) in [5, 5.41) is 0. The van der Waals surface area contributed by atoms with Crippen molar-refractivity contribution in [3.8, 4) is 5.75 Å². The summed E-state index contributed by atoms with van der Waals surface area (Å²) in [6.07, 6.45) is 1.93. The molecule has 1 aromatic carbocycles. The average molecular weight is 431 g/mol. The van der Waals surface area contributed by atoms with Crippen molar-refractivity contribution in [1.29, 1.82) is 0 Å². The van der Waals surface area contributed by atoms with E-state index in [0.717, 1.165) is 36.5 Å². The first-order valence-electron chi connectivity index (χ1n) is 8.34. The van der Waals surface area contributed by atoms with Gasteiger partial charge in [-0.2, -0.15) is 11.8 Å². The number of carbonyl (C=O) groups excluding carboxylic acids is 1. The van der Waals surface area contributed by atoms with Crippen molar-refractivity contribution in [3.63, 3.8) is 0 Å². The number of carbonyl (C=O) groups is 1. The molecule has 142 valence electrons. The highest BCUT2D eigenvalue weighted by molar-refractivity contribution is 8.26. The van der Waals surface area contributed by atoms with Crippen LogP contribution in [0.15, 0.2) is 23.1 Å². The van der Waals surface area contributed by atoms with Gasteiger partial charge in [0.1, 0.15) is 10.1 Å². The predicted molar refractivity (Wildman–Crippen MR) is 118 cm³/mol. The van der Waals surface area contributed by atoms with Gasteiger partial charge in [-0.15, -0.1) is 12.4 Å². The molecule has 0 bridgehead atoms. The van der Waals surface area contributed by atoms with E-state index in [-0.39, 0.29) is 18.3 Å². The molecular weight excluding hydrogens is 408 g/mol. The van der Waals surface area contributed by atoms with Crippen LogP contribution in [0.4, 0.5) is 0 Å². The van der Waals surface area contributed by atoms with Crippen molar-refractivity contribution in [3.05, 3.63) is 34.2 Å². The van der Waals surface area contributed by atoms with Crippen molar-refractivity contribution in [2.24, 2.45) is 0 Å². The van der Waals surface area contributed by atoms with Crippen molar-refractivity contribution in [1.82, 2.24) is 9.80 Å². The summed E-state index contributed by atoms with van der Waals surface area (Å²) >= 11 is 8.67. The Labute approximate surface area is 175 Å². The second-order valence-electron chi connectivity index (χ2n) is 5.89. The summed E-state index contributed by atoms with van der Waals surface area (Å²) in [6, 6.07) is 6.10. The van der Waals surface area contributed by atoms with Crippen LogP contribution in [0, 0.1) is 0 Å². The molecule has 2 heterocycles. The fourth-order valence-electron chi connectivity index (χ4n) is 2.94. The van der Waals surface area contributed by atoms with Crippen LogP contribution in [0.5, 0.6) is 5.75 Å². The summed E-state index contributed by atoms with van der Waals surface area (Å²) in [6.45, 7) is 5.64. The molecule has 0 N–H and O–H groups in total. The predicted octanol–water partition coefficient (Wildman–Crippen LogP) is 3.89. The highest BCUT2D eigenvalue weighted by atomic mass is 35.5. The van der Waals surface area contributed by atoms with E-state index in [0.29, 0.717) is 15.8 Å². The molecule has 26 heavy (non-hydrogen) atoms. The lowest BCUT2D eigenvalue weighted by Gasteiger charge is -2.26. The van der Waals surface area contributed by atoms with Crippen molar-refractivity contribution < 1.29 is 9.53 Å². The van der Waals surface area contributed by atoms with Crippen molar-refractivity contribution in [2.75, 3.05) is 38.2 Å². The van der Waals surface area contributed by atoms with Gasteiger partial charge in [-0.05, 0) is 30.7 Å². The first kappa shape index (κ1) is 21.6. The Morgan fingerprint density at radius 3 is 2.65 bits per heavy atom. The van der Waals surface area contributed by atoms with Gasteiger partial charge in [-0.1, -0.05) is 30.0 Å². The summed E-state index contributed by atoms with van der Waals surface area (Å²) in [7, 11) is 1.71. The third-order valence-electron chi connectivity index (χ3n) is 4.29. The zero-order valence-corrected chi connectivity index (χ0v) is 18.2. The maximum Gasteiger partial charge on any atom is 0.266 e. The number of halogens is 1. The quantitative estimate of drug-likeness (QED) is 0.520. The molecule has 1 amide bonds. The largest absolute Gasteiger partial charge is 0.496 e. The number of benzene rings is 1. The van der Waals surface area contributed by atoms with E-state index in [1.54, 1.807) is 12.0 Å². The second kappa shape index (κ2) is 9.99. The topological polar surface area (TPSA) is 32.8 Å². The highest BCUT2D eigenvalue weighted by Crippen LogP contribution is 2.33. The van der Waals surface area contributed by atoms with Gasteiger partial charge in [0.15, 0.2) is 0 Å². The number of thioether (sulfide) groups is 2. The average Bonchev–Trinajstić information content (AvgIpc) is 2.89. The van der Waals surface area contributed by atoms with Crippen molar-refractivity contribution >= 4 is 64.5 Å². The Morgan fingerprint density at radius 2 is 2.04 bits per heavy atom. The van der Waals surface area contributed by atoms with E-state index < -0.39 is 0 Å². The van der Waals surface area contributed by atoms with Gasteiger partial charge >= 0.3 is 0 Å². The molecule has 2 aliphatic heterocycles. The van der Waals surface area contributed by atoms with Gasteiger partial charge in [-0.3, -0.25) is 14.6 Å². The SMILES string of the molecule is CCN1C(=O)C(=Cc2ccc(OC)c(CN3CCSCC3)c2)SC1=S.Cl. The molecule has 3 rings (SSSR count). The standard InChI is InChI=1S/C18H22N2O2S3.ClH/c1-3-20-17(21)16(25-18(20)23)11-13-4-5-15(22-2)14(10-13)12-19-6-8-24-9-7-19;/h4-5,10-11H,3,6-9,12H2,1-2H3;1H. The molecule has 1 aromatic rings. The summed E-state index contributed by atoms with van der Waals surface area (Å²) < 4.78 is 6.17. The highest BCUT2D eigenvalue weighted by Gasteiger charge is 2.30. The lowest BCUT2D eigenvalue weighted by Crippen LogP contribution is -2.32. The first-order valence-corrected chi connectivity index (χ1v) is 10.7. The number of hydrogen-bond donors (Lipinski definition) is 0. The van der Waals surface area contributed by atoms with Crippen molar-refractivity contribution in [2.45, 2.75) is 13.5 Å². The zero-order chi connectivity index (χ0) is 17.8. The lowest BCUT2D eigenvalue weighted by atomic mass is 10.1. The number of ether oxygens (including phenoxy) is 1. The lowest BCUT2D eigenvalue weighted by molar-refractivity contribution is -0.121. The Balaban J connectivity index is 0.00000243. The summed E-state index contributed by atoms with van der Waals surface area (Å²) in [5.74, 6) is 3.27. The molecule has 2 aliphatic rings. The van der Waals surface area contributed by atoms with Gasteiger partial charge in [-0.25, -0.2) is 0 Å². The Bertz CT molecular complexity index is 706. The number of rotatable bonds is 5. The molecule has 4 nitrogen and oxygen atoms in total. The van der Waals surface area contributed by atoms with E-state index in [9.17, 15) is 4.79 Å². The molecule has 2 saturated heterocycles. The third kappa shape index (κ3) is 4.95. The van der Waals surface area contributed by atoms with E-state index in [2.05, 4.69) is 11.0 Å². The maximum absolute atomic E-state index is 12.4. The minimum atomic E-state index is 0. The smallest absolute Gasteiger partial charge is 0.266 e. The van der Waals surface area contributed by atoms with Crippen LogP contribution in [-0.4, -0.2) is 58.3 Å². The molecule has 0 aliphatic carbocycles. The molecule has 2 fully saturated rings. The number of nitrogens with zero attached hydrogens (tertiary/aromatic N) is 2. The molecule has 0 unspecified atom stereocenters. The molecular formula is C18H23ClN2O2S3. The Hall–Kier alpha value is -0.730. The maximum atomic E-state index is 12.4. The molecule has 0 radical (unpaired) electrons. The number of likely N-dealkylation sites (N-methyl/N-ethyl adjacent to an activating group) is 1. The normalized spacial score (nSPS) is 19.8. The zero-order valence-electron chi connectivity index (χ0n) is 14.9. The summed E-state index contributed by atoms with van der Waals surface area (Å²) in [5.41, 5.74) is 2.17. The second-order valence-corrected chi connectivity index (χ2v) is 8.79. The molecule has 0 atom stereocenters. The summed E-state index contributed by atoms with van der Waals surface area (Å²) in [4.78, 5) is 17.2. The van der Waals surface area contributed by atoms with Crippen LogP contribution in [-0.2, 0) is 11.3 Å². The minimum absolute atomic E-state index is 0. The van der Waals surface area contributed by atoms with E-state index in [1.807, 2.05) is 36.9 Å². The van der Waals surface area contributed by atoms with Crippen LogP contribution in [0.1, 0.15) is 18.1 Å². The van der Waals surface area contributed by atoms with Gasteiger partial charge in [0, 0.05) is 43.2 Å². The van der Waals surface area contributed by atoms with Crippen LogP contribution in [0.25, 0.3) is 6.08 Å². The Kier molecular flexibility index (Phi) is 8.29. The Morgan fingerprint density at radius 1 is 1.31 bits per heavy atom. The van der Waals surface area contributed by atoms with E-state index in [1.165, 1.54) is 23.3 Å². The fraction of sp³-hybridized carbons (Fsp3) is 0.444. The third-order valence-corrected chi connectivity index (χ3v) is 6.61. The number of amides is 1. The minimum Gasteiger partial charge on any atom is -0.496 e. The van der Waals surface area contributed by atoms with Gasteiger partial charge in [0.05, 0.1) is 12.0 Å². The molecule has 0 saturated carbocycles.